The van der Waals surface area contributed by atoms with Crippen LogP contribution in [0.2, 0.25) is 0 Å². The summed E-state index contributed by atoms with van der Waals surface area (Å²) in [4.78, 5) is 0. The third kappa shape index (κ3) is 2.28. The quantitative estimate of drug-likeness (QED) is 0.508. The predicted molar refractivity (Wildman–Crippen MR) is 62.9 cm³/mol. The van der Waals surface area contributed by atoms with Gasteiger partial charge in [-0.15, -0.1) is 0 Å². The van der Waals surface area contributed by atoms with Crippen LogP contribution in [-0.2, 0) is 0 Å². The molecule has 2 nitrogen and oxygen atoms in total. The van der Waals surface area contributed by atoms with Crippen LogP contribution in [0, 0.1) is 5.21 Å². The molecular weight excluding hydrogens is 186 g/mol. The molecule has 0 amide bonds. The van der Waals surface area contributed by atoms with Crippen molar-refractivity contribution in [3.8, 4) is 0 Å². The first-order valence-corrected chi connectivity index (χ1v) is 5.38. The van der Waals surface area contributed by atoms with Gasteiger partial charge in [-0.1, -0.05) is 30.3 Å². The van der Waals surface area contributed by atoms with E-state index in [0.717, 1.165) is 6.42 Å². The highest BCUT2D eigenvalue weighted by molar-refractivity contribution is 5.69. The van der Waals surface area contributed by atoms with Crippen LogP contribution in [0.3, 0.4) is 0 Å². The third-order valence-corrected chi connectivity index (χ3v) is 3.04. The molecule has 15 heavy (non-hydrogen) atoms. The van der Waals surface area contributed by atoms with Crippen LogP contribution < -0.4 is 0 Å². The average molecular weight is 203 g/mol. The molecule has 1 aliphatic heterocycles. The Morgan fingerprint density at radius 1 is 1.20 bits per heavy atom. The molecule has 0 radical (unpaired) electrons. The molecule has 1 heterocycles. The van der Waals surface area contributed by atoms with E-state index in [0.29, 0.717) is 13.1 Å². The Hall–Kier alpha value is -1.12. The van der Waals surface area contributed by atoms with Crippen LogP contribution in [0.1, 0.15) is 18.9 Å². The van der Waals surface area contributed by atoms with E-state index in [1.807, 2.05) is 6.07 Å². The second-order valence-corrected chi connectivity index (χ2v) is 4.55. The number of hydrogen-bond donors (Lipinski definition) is 0. The molecule has 0 spiro atoms. The zero-order valence-electron chi connectivity index (χ0n) is 9.36. The zero-order chi connectivity index (χ0) is 10.9. The van der Waals surface area contributed by atoms with Gasteiger partial charge in [0.2, 0.25) is 0 Å². The molecule has 1 atom stereocenters. The number of hydroxylamine groups is 3. The van der Waals surface area contributed by atoms with E-state index in [1.165, 1.54) is 16.7 Å². The Morgan fingerprint density at radius 2 is 1.87 bits per heavy atom. The van der Waals surface area contributed by atoms with Gasteiger partial charge in [-0.05, 0) is 23.6 Å². The molecule has 0 N–H and O–H groups in total. The summed E-state index contributed by atoms with van der Waals surface area (Å²) in [5, 5.41) is 11.8. The Balaban J connectivity index is 2.32. The minimum Gasteiger partial charge on any atom is -0.633 e. The molecule has 2 heteroatoms. The molecule has 1 aliphatic rings. The van der Waals surface area contributed by atoms with Gasteiger partial charge in [0, 0.05) is 6.42 Å². The largest absolute Gasteiger partial charge is 0.633 e. The van der Waals surface area contributed by atoms with E-state index in [4.69, 9.17) is 0 Å². The number of hydrogen-bond acceptors (Lipinski definition) is 1. The number of nitrogens with zero attached hydrogens (tertiary/aromatic N) is 1. The van der Waals surface area contributed by atoms with Crippen molar-refractivity contribution in [1.82, 2.24) is 0 Å². The number of quaternary nitrogens is 1. The molecule has 1 aromatic carbocycles. The molecule has 1 aromatic rings. The van der Waals surface area contributed by atoms with E-state index in [9.17, 15) is 5.21 Å². The maximum absolute atomic E-state index is 11.8. The second kappa shape index (κ2) is 3.80. The normalized spacial score (nSPS) is 26.9. The van der Waals surface area contributed by atoms with E-state index < -0.39 is 0 Å². The van der Waals surface area contributed by atoms with Crippen molar-refractivity contribution in [2.75, 3.05) is 20.1 Å². The molecule has 0 aliphatic carbocycles. The molecule has 80 valence electrons. The molecule has 2 rings (SSSR count). The fourth-order valence-electron chi connectivity index (χ4n) is 2.27. The smallest absolute Gasteiger partial charge is 0.100 e. The lowest BCUT2D eigenvalue weighted by Gasteiger charge is -2.42. The van der Waals surface area contributed by atoms with Gasteiger partial charge in [-0.2, -0.15) is 0 Å². The molecule has 0 saturated heterocycles. The topological polar surface area (TPSA) is 23.1 Å². The summed E-state index contributed by atoms with van der Waals surface area (Å²) < 4.78 is -0.123. The number of likely N-dealkylation sites (N-methyl/N-ethyl adjacent to an activating group) is 1. The second-order valence-electron chi connectivity index (χ2n) is 4.55. The van der Waals surface area contributed by atoms with E-state index in [1.54, 1.807) is 7.05 Å². The number of rotatable bonds is 1. The van der Waals surface area contributed by atoms with Gasteiger partial charge >= 0.3 is 0 Å². The first-order chi connectivity index (χ1) is 7.08. The Kier molecular flexibility index (Phi) is 2.63. The fourth-order valence-corrected chi connectivity index (χ4v) is 2.27. The summed E-state index contributed by atoms with van der Waals surface area (Å²) in [7, 11) is 1.76. The summed E-state index contributed by atoms with van der Waals surface area (Å²) in [6, 6.07) is 10.4. The standard InChI is InChI=1S/C13H17NO/c1-11-10-14(2,15)9-8-13(11)12-6-4-3-5-7-12/h3-7H,8-10H2,1-2H3. The van der Waals surface area contributed by atoms with E-state index in [2.05, 4.69) is 31.2 Å². The molecule has 0 aromatic heterocycles. The highest BCUT2D eigenvalue weighted by Gasteiger charge is 2.21. The molecule has 1 unspecified atom stereocenters. The molecule has 0 saturated carbocycles. The van der Waals surface area contributed by atoms with Crippen LogP contribution >= 0.6 is 0 Å². The first-order valence-electron chi connectivity index (χ1n) is 5.38. The molecule has 0 bridgehead atoms. The Morgan fingerprint density at radius 3 is 2.47 bits per heavy atom. The summed E-state index contributed by atoms with van der Waals surface area (Å²) in [6.07, 6.45) is 0.899. The van der Waals surface area contributed by atoms with Crippen LogP contribution in [0.4, 0.5) is 0 Å². The SMILES string of the molecule is CC1=C(c2ccccc2)CC[N+](C)([O-])C1. The van der Waals surface area contributed by atoms with Crippen LogP contribution in [0.15, 0.2) is 35.9 Å². The van der Waals surface area contributed by atoms with E-state index in [-0.39, 0.29) is 4.65 Å². The first kappa shape index (κ1) is 10.4. The van der Waals surface area contributed by atoms with Gasteiger partial charge in [0.25, 0.3) is 0 Å². The van der Waals surface area contributed by atoms with Crippen molar-refractivity contribution >= 4 is 5.57 Å². The summed E-state index contributed by atoms with van der Waals surface area (Å²) in [6.45, 7) is 3.40. The van der Waals surface area contributed by atoms with Gasteiger partial charge in [-0.3, -0.25) is 0 Å². The van der Waals surface area contributed by atoms with Gasteiger partial charge in [0.05, 0.1) is 13.6 Å². The van der Waals surface area contributed by atoms with Gasteiger partial charge < -0.3 is 9.85 Å². The van der Waals surface area contributed by atoms with Crippen LogP contribution in [-0.4, -0.2) is 24.8 Å². The minimum atomic E-state index is -0.123. The summed E-state index contributed by atoms with van der Waals surface area (Å²) >= 11 is 0. The molecular formula is C13H17NO. The Bertz CT molecular complexity index is 379. The van der Waals surface area contributed by atoms with Crippen molar-refractivity contribution < 1.29 is 4.65 Å². The van der Waals surface area contributed by atoms with Crippen molar-refractivity contribution in [2.45, 2.75) is 13.3 Å². The lowest BCUT2D eigenvalue weighted by atomic mass is 9.94. The average Bonchev–Trinajstić information content (AvgIpc) is 2.17. The summed E-state index contributed by atoms with van der Waals surface area (Å²) in [5.41, 5.74) is 3.88. The van der Waals surface area contributed by atoms with Gasteiger partial charge in [0.1, 0.15) is 6.54 Å². The van der Waals surface area contributed by atoms with Crippen LogP contribution in [0.25, 0.3) is 5.57 Å². The lowest BCUT2D eigenvalue weighted by molar-refractivity contribution is -0.856. The highest BCUT2D eigenvalue weighted by Crippen LogP contribution is 2.29. The maximum atomic E-state index is 11.8. The predicted octanol–water partition coefficient (Wildman–Crippen LogP) is 2.81. The Labute approximate surface area is 91.0 Å². The van der Waals surface area contributed by atoms with E-state index >= 15 is 0 Å². The van der Waals surface area contributed by atoms with Crippen LogP contribution in [0.5, 0.6) is 0 Å². The van der Waals surface area contributed by atoms with Gasteiger partial charge in [0.15, 0.2) is 0 Å². The lowest BCUT2D eigenvalue weighted by Crippen LogP contribution is -2.42. The molecule has 0 fully saturated rings. The maximum Gasteiger partial charge on any atom is 0.100 e. The van der Waals surface area contributed by atoms with Crippen molar-refractivity contribution in [3.05, 3.63) is 46.7 Å². The number of benzene rings is 1. The monoisotopic (exact) mass is 203 g/mol. The van der Waals surface area contributed by atoms with Crippen molar-refractivity contribution in [2.24, 2.45) is 0 Å². The third-order valence-electron chi connectivity index (χ3n) is 3.04. The fraction of sp³-hybridized carbons (Fsp3) is 0.385. The minimum absolute atomic E-state index is 0.123. The zero-order valence-corrected chi connectivity index (χ0v) is 9.36. The van der Waals surface area contributed by atoms with Crippen molar-refractivity contribution in [3.63, 3.8) is 0 Å². The van der Waals surface area contributed by atoms with Crippen molar-refractivity contribution in [1.29, 1.82) is 0 Å². The van der Waals surface area contributed by atoms with Gasteiger partial charge in [-0.25, -0.2) is 0 Å². The summed E-state index contributed by atoms with van der Waals surface area (Å²) in [5.74, 6) is 0. The highest BCUT2D eigenvalue weighted by atomic mass is 16.5.